The maximum absolute atomic E-state index is 13.3. The summed E-state index contributed by atoms with van der Waals surface area (Å²) in [6.45, 7) is 5.12. The SMILES string of the molecule is Cc1[nH]c2c(C(=O)N3CCCC(O)(c4ccc(F)cc4)CC3)cccc2c1C. The van der Waals surface area contributed by atoms with Gasteiger partial charge in [0.05, 0.1) is 16.7 Å². The third-order valence-electron chi connectivity index (χ3n) is 6.06. The Bertz CT molecular complexity index is 1030. The first-order valence-electron chi connectivity index (χ1n) is 9.75. The van der Waals surface area contributed by atoms with Gasteiger partial charge in [0.1, 0.15) is 5.82 Å². The first kappa shape index (κ1) is 18.7. The predicted molar refractivity (Wildman–Crippen MR) is 108 cm³/mol. The highest BCUT2D eigenvalue weighted by molar-refractivity contribution is 6.06. The fourth-order valence-electron chi connectivity index (χ4n) is 4.20. The summed E-state index contributed by atoms with van der Waals surface area (Å²) in [5.74, 6) is -0.336. The number of nitrogens with zero attached hydrogens (tertiary/aromatic N) is 1. The van der Waals surface area contributed by atoms with E-state index in [9.17, 15) is 14.3 Å². The van der Waals surface area contributed by atoms with Crippen molar-refractivity contribution < 1.29 is 14.3 Å². The standard InChI is InChI=1S/C23H25FN2O2/c1-15-16(2)25-21-19(15)5-3-6-20(21)22(27)26-13-4-11-23(28,12-14-26)17-7-9-18(24)10-8-17/h3,5-10,25,28H,4,11-14H2,1-2H3. The number of carbonyl (C=O) groups is 1. The van der Waals surface area contributed by atoms with Crippen LogP contribution in [-0.4, -0.2) is 34.0 Å². The number of hydrogen-bond acceptors (Lipinski definition) is 2. The molecular weight excluding hydrogens is 355 g/mol. The van der Waals surface area contributed by atoms with Gasteiger partial charge in [0.15, 0.2) is 0 Å². The van der Waals surface area contributed by atoms with Crippen molar-refractivity contribution in [3.8, 4) is 0 Å². The zero-order chi connectivity index (χ0) is 19.9. The van der Waals surface area contributed by atoms with Crippen molar-refractivity contribution in [1.82, 2.24) is 9.88 Å². The predicted octanol–water partition coefficient (Wildman–Crippen LogP) is 4.44. The first-order chi connectivity index (χ1) is 13.4. The average Bonchev–Trinajstić information content (AvgIpc) is 2.86. The van der Waals surface area contributed by atoms with Crippen LogP contribution in [0.15, 0.2) is 42.5 Å². The molecule has 1 aliphatic heterocycles. The first-order valence-corrected chi connectivity index (χ1v) is 9.75. The number of aromatic nitrogens is 1. The lowest BCUT2D eigenvalue weighted by Gasteiger charge is -2.27. The van der Waals surface area contributed by atoms with Crippen molar-refractivity contribution in [2.75, 3.05) is 13.1 Å². The van der Waals surface area contributed by atoms with Crippen LogP contribution in [0, 0.1) is 19.7 Å². The zero-order valence-corrected chi connectivity index (χ0v) is 16.3. The summed E-state index contributed by atoms with van der Waals surface area (Å²) < 4.78 is 13.2. The van der Waals surface area contributed by atoms with Crippen LogP contribution in [0.2, 0.25) is 0 Å². The van der Waals surface area contributed by atoms with Crippen LogP contribution in [0.3, 0.4) is 0 Å². The number of amides is 1. The molecule has 3 aromatic rings. The van der Waals surface area contributed by atoms with E-state index < -0.39 is 5.60 Å². The second-order valence-corrected chi connectivity index (χ2v) is 7.79. The minimum absolute atomic E-state index is 0.0183. The minimum atomic E-state index is -1.03. The Labute approximate surface area is 164 Å². The number of likely N-dealkylation sites (tertiary alicyclic amines) is 1. The quantitative estimate of drug-likeness (QED) is 0.691. The van der Waals surface area contributed by atoms with E-state index in [2.05, 4.69) is 11.9 Å². The Kier molecular flexibility index (Phi) is 4.71. The van der Waals surface area contributed by atoms with Crippen LogP contribution in [0.1, 0.15) is 46.4 Å². The third kappa shape index (κ3) is 3.20. The second kappa shape index (κ2) is 7.06. The molecule has 146 valence electrons. The summed E-state index contributed by atoms with van der Waals surface area (Å²) in [6, 6.07) is 11.8. The van der Waals surface area contributed by atoms with Gasteiger partial charge in [-0.2, -0.15) is 0 Å². The number of benzene rings is 2. The molecule has 4 nitrogen and oxygen atoms in total. The molecule has 0 bridgehead atoms. The number of H-pyrrole nitrogens is 1. The molecule has 4 rings (SSSR count). The van der Waals surface area contributed by atoms with E-state index in [-0.39, 0.29) is 11.7 Å². The number of para-hydroxylation sites is 1. The van der Waals surface area contributed by atoms with Crippen molar-refractivity contribution in [1.29, 1.82) is 0 Å². The lowest BCUT2D eigenvalue weighted by Crippen LogP contribution is -2.33. The fourth-order valence-corrected chi connectivity index (χ4v) is 4.20. The third-order valence-corrected chi connectivity index (χ3v) is 6.06. The number of rotatable bonds is 2. The molecule has 1 fully saturated rings. The summed E-state index contributed by atoms with van der Waals surface area (Å²) in [4.78, 5) is 18.4. The number of aliphatic hydroxyl groups is 1. The van der Waals surface area contributed by atoms with Gasteiger partial charge < -0.3 is 15.0 Å². The fraction of sp³-hybridized carbons (Fsp3) is 0.348. The van der Waals surface area contributed by atoms with E-state index >= 15 is 0 Å². The molecule has 2 N–H and O–H groups in total. The maximum atomic E-state index is 13.3. The van der Waals surface area contributed by atoms with E-state index in [1.54, 1.807) is 12.1 Å². The van der Waals surface area contributed by atoms with Crippen LogP contribution in [0.4, 0.5) is 4.39 Å². The number of hydrogen-bond donors (Lipinski definition) is 2. The second-order valence-electron chi connectivity index (χ2n) is 7.79. The molecule has 0 aliphatic carbocycles. The molecular formula is C23H25FN2O2. The molecule has 1 amide bonds. The van der Waals surface area contributed by atoms with Gasteiger partial charge in [-0.15, -0.1) is 0 Å². The number of carbonyl (C=O) groups excluding carboxylic acids is 1. The van der Waals surface area contributed by atoms with Gasteiger partial charge in [0.2, 0.25) is 0 Å². The number of aryl methyl sites for hydroxylation is 2. The van der Waals surface area contributed by atoms with E-state index in [0.29, 0.717) is 43.5 Å². The number of halogens is 1. The summed E-state index contributed by atoms with van der Waals surface area (Å²) >= 11 is 0. The van der Waals surface area contributed by atoms with Crippen LogP contribution < -0.4 is 0 Å². The highest BCUT2D eigenvalue weighted by atomic mass is 19.1. The van der Waals surface area contributed by atoms with E-state index in [1.807, 2.05) is 30.0 Å². The molecule has 2 heterocycles. The van der Waals surface area contributed by atoms with Gasteiger partial charge in [-0.25, -0.2) is 4.39 Å². The number of aromatic amines is 1. The normalized spacial score (nSPS) is 20.4. The molecule has 2 aromatic carbocycles. The van der Waals surface area contributed by atoms with Crippen molar-refractivity contribution >= 4 is 16.8 Å². The zero-order valence-electron chi connectivity index (χ0n) is 16.3. The molecule has 28 heavy (non-hydrogen) atoms. The Hall–Kier alpha value is -2.66. The van der Waals surface area contributed by atoms with Crippen LogP contribution >= 0.6 is 0 Å². The maximum Gasteiger partial charge on any atom is 0.255 e. The van der Waals surface area contributed by atoms with E-state index in [4.69, 9.17) is 0 Å². The van der Waals surface area contributed by atoms with Crippen molar-refractivity contribution in [3.05, 3.63) is 70.7 Å². The van der Waals surface area contributed by atoms with Gasteiger partial charge >= 0.3 is 0 Å². The molecule has 1 aliphatic rings. The number of fused-ring (bicyclic) bond motifs is 1. The molecule has 5 heteroatoms. The van der Waals surface area contributed by atoms with Crippen LogP contribution in [0.25, 0.3) is 10.9 Å². The monoisotopic (exact) mass is 380 g/mol. The topological polar surface area (TPSA) is 56.3 Å². The summed E-state index contributed by atoms with van der Waals surface area (Å²) in [5.41, 5.74) is 3.44. The highest BCUT2D eigenvalue weighted by Gasteiger charge is 2.33. The van der Waals surface area contributed by atoms with Crippen LogP contribution in [0.5, 0.6) is 0 Å². The van der Waals surface area contributed by atoms with Gasteiger partial charge in [-0.05, 0) is 62.4 Å². The summed E-state index contributed by atoms with van der Waals surface area (Å²) in [7, 11) is 0. The molecule has 0 saturated carbocycles. The van der Waals surface area contributed by atoms with E-state index in [0.717, 1.165) is 22.2 Å². The van der Waals surface area contributed by atoms with Gasteiger partial charge in [-0.1, -0.05) is 24.3 Å². The Morgan fingerprint density at radius 1 is 1.11 bits per heavy atom. The van der Waals surface area contributed by atoms with Gasteiger partial charge in [0, 0.05) is 24.2 Å². The van der Waals surface area contributed by atoms with Gasteiger partial charge in [-0.3, -0.25) is 4.79 Å². The Morgan fingerprint density at radius 3 is 2.61 bits per heavy atom. The summed E-state index contributed by atoms with van der Waals surface area (Å²) in [5, 5.41) is 12.2. The smallest absolute Gasteiger partial charge is 0.255 e. The Morgan fingerprint density at radius 2 is 1.86 bits per heavy atom. The summed E-state index contributed by atoms with van der Waals surface area (Å²) in [6.07, 6.45) is 1.68. The van der Waals surface area contributed by atoms with Crippen molar-refractivity contribution in [2.24, 2.45) is 0 Å². The Balaban J connectivity index is 1.59. The average molecular weight is 380 g/mol. The molecule has 1 atom stereocenters. The molecule has 0 spiro atoms. The van der Waals surface area contributed by atoms with Crippen LogP contribution in [-0.2, 0) is 5.60 Å². The molecule has 1 saturated heterocycles. The largest absolute Gasteiger partial charge is 0.385 e. The molecule has 1 unspecified atom stereocenters. The molecule has 1 aromatic heterocycles. The van der Waals surface area contributed by atoms with Crippen molar-refractivity contribution in [3.63, 3.8) is 0 Å². The van der Waals surface area contributed by atoms with E-state index in [1.165, 1.54) is 12.1 Å². The minimum Gasteiger partial charge on any atom is -0.385 e. The lowest BCUT2D eigenvalue weighted by molar-refractivity contribution is 0.0212. The number of nitrogens with one attached hydrogen (secondary N) is 1. The molecule has 0 radical (unpaired) electrons. The van der Waals surface area contributed by atoms with Crippen molar-refractivity contribution in [2.45, 2.75) is 38.7 Å². The lowest BCUT2D eigenvalue weighted by atomic mass is 9.87. The highest BCUT2D eigenvalue weighted by Crippen LogP contribution is 2.34. The van der Waals surface area contributed by atoms with Gasteiger partial charge in [0.25, 0.3) is 5.91 Å².